The number of piperidine rings is 1. The Morgan fingerprint density at radius 2 is 1.62 bits per heavy atom. The number of nitro groups is 1. The van der Waals surface area contributed by atoms with E-state index in [0.717, 1.165) is 75.4 Å². The van der Waals surface area contributed by atoms with Crippen LogP contribution in [0.5, 0.6) is 0 Å². The van der Waals surface area contributed by atoms with Crippen molar-refractivity contribution >= 4 is 38.9 Å². The minimum atomic E-state index is -4.38. The Morgan fingerprint density at radius 3 is 2.25 bits per heavy atom. The third-order valence-electron chi connectivity index (χ3n) is 13.5. The second kappa shape index (κ2) is 16.0. The van der Waals surface area contributed by atoms with E-state index in [2.05, 4.69) is 40.6 Å². The van der Waals surface area contributed by atoms with Gasteiger partial charge in [-0.2, -0.15) is 0 Å². The summed E-state index contributed by atoms with van der Waals surface area (Å²) in [6, 6.07) is 20.9. The van der Waals surface area contributed by atoms with Crippen LogP contribution in [0.25, 0.3) is 0 Å². The molecule has 2 amide bonds. The molecular weight excluding hydrogens is 715 g/mol. The lowest BCUT2D eigenvalue weighted by Crippen LogP contribution is -2.64. The van der Waals surface area contributed by atoms with E-state index in [9.17, 15) is 28.1 Å². The fourth-order valence-electron chi connectivity index (χ4n) is 10.1. The number of nitro benzene ring substituents is 1. The van der Waals surface area contributed by atoms with E-state index in [1.54, 1.807) is 12.1 Å². The van der Waals surface area contributed by atoms with Crippen LogP contribution >= 0.6 is 0 Å². The highest BCUT2D eigenvalue weighted by atomic mass is 32.2. The number of fused-ring (bicyclic) bond motifs is 2. The van der Waals surface area contributed by atoms with Crippen LogP contribution < -0.4 is 14.9 Å². The molecule has 1 heterocycles. The lowest BCUT2D eigenvalue weighted by atomic mass is 9.44. The smallest absolute Gasteiger partial charge is 0.293 e. The highest BCUT2D eigenvalue weighted by Crippen LogP contribution is 2.62. The second-order valence-corrected chi connectivity index (χ2v) is 18.7. The molecule has 2 N–H and O–H groups in total. The van der Waals surface area contributed by atoms with Crippen LogP contribution in [0.4, 0.5) is 17.1 Å². The predicted octanol–water partition coefficient (Wildman–Crippen LogP) is 7.82. The van der Waals surface area contributed by atoms with Gasteiger partial charge in [-0.25, -0.2) is 13.1 Å². The van der Waals surface area contributed by atoms with Gasteiger partial charge in [0, 0.05) is 49.0 Å². The minimum absolute atomic E-state index is 0.147. The van der Waals surface area contributed by atoms with Crippen LogP contribution in [0.2, 0.25) is 0 Å². The normalized spacial score (nSPS) is 24.0. The van der Waals surface area contributed by atoms with Crippen molar-refractivity contribution in [2.24, 2.45) is 29.1 Å². The van der Waals surface area contributed by atoms with Crippen LogP contribution in [-0.4, -0.2) is 61.8 Å². The van der Waals surface area contributed by atoms with Gasteiger partial charge < -0.3 is 15.1 Å². The van der Waals surface area contributed by atoms with Crippen molar-refractivity contribution in [3.05, 3.63) is 94.0 Å². The van der Waals surface area contributed by atoms with Gasteiger partial charge in [0.25, 0.3) is 21.6 Å². The molecule has 294 valence electrons. The van der Waals surface area contributed by atoms with Crippen molar-refractivity contribution in [3.8, 4) is 0 Å². The maximum atomic E-state index is 14.1. The molecule has 8 rings (SSSR count). The van der Waals surface area contributed by atoms with E-state index in [-0.39, 0.29) is 39.8 Å². The first-order valence-corrected chi connectivity index (χ1v) is 21.6. The number of sulfonamides is 1. The molecule has 4 aliphatic carbocycles. The molecule has 3 aromatic rings. The molecule has 0 spiro atoms. The van der Waals surface area contributed by atoms with E-state index in [4.69, 9.17) is 0 Å². The summed E-state index contributed by atoms with van der Waals surface area (Å²) in [5, 5.41) is 15.0. The first kappa shape index (κ1) is 38.8. The first-order chi connectivity index (χ1) is 26.3. The molecule has 0 aromatic heterocycles. The van der Waals surface area contributed by atoms with Crippen LogP contribution in [0.15, 0.2) is 77.7 Å². The molecule has 0 radical (unpaired) electrons. The summed E-state index contributed by atoms with van der Waals surface area (Å²) in [5.74, 6) is 1.54. The number of nitrogens with one attached hydrogen (secondary N) is 2. The van der Waals surface area contributed by atoms with E-state index < -0.39 is 20.9 Å². The van der Waals surface area contributed by atoms with Crippen LogP contribution in [0, 0.1) is 39.2 Å². The number of amides is 2. The maximum Gasteiger partial charge on any atom is 0.293 e. The molecule has 55 heavy (non-hydrogen) atoms. The average Bonchev–Trinajstić information content (AvgIpc) is 3.18. The number of carbonyl (C=O) groups excluding carboxylic acids is 2. The SMILES string of the molecule is C[C@@H]1[C@@H](N(C(=O)Cc2ccccc2)C2CCN(c3ccc(C(=O)NS(=O)(=O)c4ccc(NCC5CCCCC5)c([N+](=O)[O-])c4)cc3)CC2)C[C@H]2C[C@@H]1C2(C)C. The third-order valence-corrected chi connectivity index (χ3v) is 14.8. The Hall–Kier alpha value is -4.45. The van der Waals surface area contributed by atoms with Gasteiger partial charge in [0.1, 0.15) is 5.69 Å². The van der Waals surface area contributed by atoms with Crippen LogP contribution in [-0.2, 0) is 21.2 Å². The molecule has 11 nitrogen and oxygen atoms in total. The monoisotopic (exact) mass is 769 g/mol. The molecule has 4 atom stereocenters. The zero-order valence-corrected chi connectivity index (χ0v) is 33.1. The van der Waals surface area contributed by atoms with Crippen molar-refractivity contribution in [1.82, 2.24) is 9.62 Å². The molecule has 1 saturated heterocycles. The van der Waals surface area contributed by atoms with Crippen LogP contribution in [0.3, 0.4) is 0 Å². The summed E-state index contributed by atoms with van der Waals surface area (Å²) in [4.78, 5) is 42.7. The fourth-order valence-corrected chi connectivity index (χ4v) is 11.1. The summed E-state index contributed by atoms with van der Waals surface area (Å²) in [6.07, 6.45) is 10.0. The quantitative estimate of drug-likeness (QED) is 0.140. The topological polar surface area (TPSA) is 142 Å². The van der Waals surface area contributed by atoms with Crippen molar-refractivity contribution in [1.29, 1.82) is 0 Å². The summed E-state index contributed by atoms with van der Waals surface area (Å²) in [7, 11) is -4.38. The molecule has 5 aliphatic rings. The highest BCUT2D eigenvalue weighted by molar-refractivity contribution is 7.90. The van der Waals surface area contributed by atoms with Gasteiger partial charge in [0.15, 0.2) is 0 Å². The average molecular weight is 770 g/mol. The van der Waals surface area contributed by atoms with Gasteiger partial charge in [-0.05, 0) is 110 Å². The summed E-state index contributed by atoms with van der Waals surface area (Å²) in [5.41, 5.74) is 2.36. The highest BCUT2D eigenvalue weighted by Gasteiger charge is 2.58. The molecule has 3 aromatic carbocycles. The molecule has 1 aliphatic heterocycles. The van der Waals surface area contributed by atoms with Crippen molar-refractivity contribution in [2.45, 2.75) is 102 Å². The van der Waals surface area contributed by atoms with Gasteiger partial charge >= 0.3 is 0 Å². The Bertz CT molecular complexity index is 1970. The van der Waals surface area contributed by atoms with Gasteiger partial charge in [0.05, 0.1) is 16.2 Å². The molecule has 4 saturated carbocycles. The van der Waals surface area contributed by atoms with E-state index in [1.807, 2.05) is 42.5 Å². The summed E-state index contributed by atoms with van der Waals surface area (Å²) >= 11 is 0. The Kier molecular flexibility index (Phi) is 11.3. The van der Waals surface area contributed by atoms with Crippen molar-refractivity contribution < 1.29 is 22.9 Å². The van der Waals surface area contributed by atoms with Gasteiger partial charge in [-0.1, -0.05) is 70.4 Å². The molecule has 2 bridgehead atoms. The van der Waals surface area contributed by atoms with Gasteiger partial charge in [0.2, 0.25) is 5.91 Å². The minimum Gasteiger partial charge on any atom is -0.379 e. The Labute approximate surface area is 325 Å². The standard InChI is InChI=1S/C43H55N5O6S/c1-29-37-25-33(43(37,2)3)26-39(29)47(41(49)24-30-10-6-4-7-11-30)35-20-22-46(23-21-35)34-16-14-32(15-17-34)42(50)45-55(53,54)36-18-19-38(40(27-36)48(51)52)44-28-31-12-8-5-9-13-31/h4,6-7,10-11,14-19,27,29,31,33,35,37,39,44H,5,8-9,12-13,20-26,28H2,1-3H3,(H,45,50)/t29-,33+,37-,39-/m0/s1. The summed E-state index contributed by atoms with van der Waals surface area (Å²) < 4.78 is 28.6. The number of hydrogen-bond acceptors (Lipinski definition) is 8. The summed E-state index contributed by atoms with van der Waals surface area (Å²) in [6.45, 7) is 9.23. The number of hydrogen-bond donors (Lipinski definition) is 2. The molecule has 0 unspecified atom stereocenters. The zero-order chi connectivity index (χ0) is 38.9. The number of carbonyl (C=O) groups is 2. The molecular formula is C43H55N5O6S. The largest absolute Gasteiger partial charge is 0.379 e. The van der Waals surface area contributed by atoms with Crippen LogP contribution in [0.1, 0.15) is 94.5 Å². The number of benzene rings is 3. The fraction of sp³-hybridized carbons (Fsp3) is 0.535. The Morgan fingerprint density at radius 1 is 0.927 bits per heavy atom. The zero-order valence-electron chi connectivity index (χ0n) is 32.3. The van der Waals surface area contributed by atoms with E-state index >= 15 is 0 Å². The van der Waals surface area contributed by atoms with Gasteiger partial charge in [-0.15, -0.1) is 0 Å². The van der Waals surface area contributed by atoms with E-state index in [0.29, 0.717) is 42.1 Å². The van der Waals surface area contributed by atoms with Crippen molar-refractivity contribution in [2.75, 3.05) is 29.9 Å². The number of anilines is 2. The number of rotatable bonds is 12. The Balaban J connectivity index is 0.979. The first-order valence-electron chi connectivity index (χ1n) is 20.1. The van der Waals surface area contributed by atoms with Gasteiger partial charge in [-0.3, -0.25) is 19.7 Å². The third kappa shape index (κ3) is 8.25. The maximum absolute atomic E-state index is 14.1. The lowest BCUT2D eigenvalue weighted by molar-refractivity contribution is -0.384. The molecule has 5 fully saturated rings. The predicted molar refractivity (Wildman–Crippen MR) is 214 cm³/mol. The van der Waals surface area contributed by atoms with Crippen molar-refractivity contribution in [3.63, 3.8) is 0 Å². The van der Waals surface area contributed by atoms with E-state index in [1.165, 1.54) is 25.0 Å². The number of nitrogens with zero attached hydrogens (tertiary/aromatic N) is 3. The molecule has 12 heteroatoms. The second-order valence-electron chi connectivity index (χ2n) is 17.0. The lowest BCUT2D eigenvalue weighted by Gasteiger charge is -2.64.